The zero-order valence-corrected chi connectivity index (χ0v) is 10.8. The average Bonchev–Trinajstić information content (AvgIpc) is 2.25. The first kappa shape index (κ1) is 14.5. The zero-order chi connectivity index (χ0) is 11.5. The molecule has 1 unspecified atom stereocenters. The summed E-state index contributed by atoms with van der Waals surface area (Å²) in [6.45, 7) is 11.5. The van der Waals surface area contributed by atoms with Gasteiger partial charge in [-0.1, -0.05) is 59.5 Å². The SMILES string of the molecule is C=C(CC(CC)CCCCC)OCCC. The van der Waals surface area contributed by atoms with Crippen molar-refractivity contribution in [2.24, 2.45) is 5.92 Å². The number of allylic oxidation sites excluding steroid dienone is 1. The van der Waals surface area contributed by atoms with Gasteiger partial charge in [0.2, 0.25) is 0 Å². The number of ether oxygens (including phenoxy) is 1. The van der Waals surface area contributed by atoms with Crippen molar-refractivity contribution < 1.29 is 4.74 Å². The van der Waals surface area contributed by atoms with Gasteiger partial charge in [-0.3, -0.25) is 0 Å². The molecule has 0 radical (unpaired) electrons. The summed E-state index contributed by atoms with van der Waals surface area (Å²) < 4.78 is 5.54. The van der Waals surface area contributed by atoms with Crippen molar-refractivity contribution >= 4 is 0 Å². The molecule has 1 atom stereocenters. The largest absolute Gasteiger partial charge is 0.499 e. The zero-order valence-electron chi connectivity index (χ0n) is 10.8. The van der Waals surface area contributed by atoms with E-state index in [0.717, 1.165) is 31.1 Å². The quantitative estimate of drug-likeness (QED) is 0.369. The number of rotatable bonds is 10. The fourth-order valence-corrected chi connectivity index (χ4v) is 1.76. The third-order valence-electron chi connectivity index (χ3n) is 2.82. The van der Waals surface area contributed by atoms with Crippen molar-refractivity contribution in [3.8, 4) is 0 Å². The van der Waals surface area contributed by atoms with Gasteiger partial charge < -0.3 is 4.74 Å². The summed E-state index contributed by atoms with van der Waals surface area (Å²) in [5.74, 6) is 1.76. The number of hydrogen-bond acceptors (Lipinski definition) is 1. The molecule has 90 valence electrons. The summed E-state index contributed by atoms with van der Waals surface area (Å²) in [7, 11) is 0. The Hall–Kier alpha value is -0.460. The molecule has 1 heteroatoms. The Morgan fingerprint density at radius 2 is 1.87 bits per heavy atom. The molecule has 0 saturated carbocycles. The smallest absolute Gasteiger partial charge is 0.0890 e. The van der Waals surface area contributed by atoms with Crippen LogP contribution < -0.4 is 0 Å². The second-order valence-corrected chi connectivity index (χ2v) is 4.36. The molecule has 0 aliphatic heterocycles. The van der Waals surface area contributed by atoms with E-state index in [4.69, 9.17) is 4.74 Å². The van der Waals surface area contributed by atoms with Crippen molar-refractivity contribution in [2.75, 3.05) is 6.61 Å². The standard InChI is InChI=1S/C14H28O/c1-5-8-9-10-14(7-3)12-13(4)15-11-6-2/h14H,4-12H2,1-3H3. The van der Waals surface area contributed by atoms with Gasteiger partial charge in [0.1, 0.15) is 0 Å². The van der Waals surface area contributed by atoms with Crippen molar-refractivity contribution in [1.82, 2.24) is 0 Å². The predicted octanol–water partition coefficient (Wildman–Crippen LogP) is 4.92. The van der Waals surface area contributed by atoms with E-state index in [1.165, 1.54) is 32.1 Å². The fourth-order valence-electron chi connectivity index (χ4n) is 1.76. The summed E-state index contributed by atoms with van der Waals surface area (Å²) in [5.41, 5.74) is 0. The van der Waals surface area contributed by atoms with Gasteiger partial charge in [0.15, 0.2) is 0 Å². The Bertz CT molecular complexity index is 151. The first-order valence-corrected chi connectivity index (χ1v) is 6.55. The molecular formula is C14H28O. The molecule has 0 spiro atoms. The van der Waals surface area contributed by atoms with E-state index in [-0.39, 0.29) is 0 Å². The molecule has 0 aromatic rings. The summed E-state index contributed by atoms with van der Waals surface area (Å²) in [5, 5.41) is 0. The first-order chi connectivity index (χ1) is 7.24. The highest BCUT2D eigenvalue weighted by atomic mass is 16.5. The molecule has 0 aliphatic rings. The van der Waals surface area contributed by atoms with Crippen molar-refractivity contribution in [1.29, 1.82) is 0 Å². The lowest BCUT2D eigenvalue weighted by molar-refractivity contribution is 0.190. The molecule has 0 aromatic carbocycles. The molecule has 0 bridgehead atoms. The van der Waals surface area contributed by atoms with Crippen LogP contribution in [-0.4, -0.2) is 6.61 Å². The Labute approximate surface area is 95.9 Å². The normalized spacial score (nSPS) is 12.5. The molecule has 0 saturated heterocycles. The monoisotopic (exact) mass is 212 g/mol. The van der Waals surface area contributed by atoms with E-state index >= 15 is 0 Å². The second-order valence-electron chi connectivity index (χ2n) is 4.36. The topological polar surface area (TPSA) is 9.23 Å². The van der Waals surface area contributed by atoms with E-state index in [1.807, 2.05) is 0 Å². The van der Waals surface area contributed by atoms with Crippen LogP contribution in [0.1, 0.15) is 65.7 Å². The van der Waals surface area contributed by atoms with E-state index in [1.54, 1.807) is 0 Å². The van der Waals surface area contributed by atoms with Gasteiger partial charge in [-0.15, -0.1) is 0 Å². The lowest BCUT2D eigenvalue weighted by Crippen LogP contribution is -2.03. The lowest BCUT2D eigenvalue weighted by Gasteiger charge is -2.16. The van der Waals surface area contributed by atoms with Crippen molar-refractivity contribution in [3.05, 3.63) is 12.3 Å². The Kier molecular flexibility index (Phi) is 9.76. The third-order valence-corrected chi connectivity index (χ3v) is 2.82. The van der Waals surface area contributed by atoms with Gasteiger partial charge >= 0.3 is 0 Å². The molecular weight excluding hydrogens is 184 g/mol. The van der Waals surface area contributed by atoms with Crippen LogP contribution in [0.3, 0.4) is 0 Å². The summed E-state index contributed by atoms with van der Waals surface area (Å²) in [6, 6.07) is 0. The van der Waals surface area contributed by atoms with Crippen LogP contribution in [0.5, 0.6) is 0 Å². The minimum absolute atomic E-state index is 0.779. The molecule has 0 heterocycles. The lowest BCUT2D eigenvalue weighted by atomic mass is 9.95. The predicted molar refractivity (Wildman–Crippen MR) is 67.9 cm³/mol. The Morgan fingerprint density at radius 3 is 2.40 bits per heavy atom. The Balaban J connectivity index is 3.62. The van der Waals surface area contributed by atoms with Gasteiger partial charge in [-0.25, -0.2) is 0 Å². The van der Waals surface area contributed by atoms with E-state index in [0.29, 0.717) is 0 Å². The third kappa shape index (κ3) is 8.53. The van der Waals surface area contributed by atoms with E-state index < -0.39 is 0 Å². The summed E-state index contributed by atoms with van der Waals surface area (Å²) in [6.07, 6.45) is 8.74. The van der Waals surface area contributed by atoms with Gasteiger partial charge in [0, 0.05) is 6.42 Å². The maximum Gasteiger partial charge on any atom is 0.0890 e. The van der Waals surface area contributed by atoms with Crippen molar-refractivity contribution in [3.63, 3.8) is 0 Å². The van der Waals surface area contributed by atoms with Crippen LogP contribution in [0.4, 0.5) is 0 Å². The number of hydrogen-bond donors (Lipinski definition) is 0. The molecule has 0 aromatic heterocycles. The number of unbranched alkanes of at least 4 members (excludes halogenated alkanes) is 2. The molecule has 1 nitrogen and oxygen atoms in total. The van der Waals surface area contributed by atoms with Crippen LogP contribution >= 0.6 is 0 Å². The van der Waals surface area contributed by atoms with Crippen LogP contribution in [0.15, 0.2) is 12.3 Å². The minimum Gasteiger partial charge on any atom is -0.499 e. The van der Waals surface area contributed by atoms with Gasteiger partial charge in [0.25, 0.3) is 0 Å². The van der Waals surface area contributed by atoms with Crippen LogP contribution in [0, 0.1) is 5.92 Å². The van der Waals surface area contributed by atoms with Crippen LogP contribution in [0.2, 0.25) is 0 Å². The minimum atomic E-state index is 0.779. The molecule has 0 rings (SSSR count). The highest BCUT2D eigenvalue weighted by Gasteiger charge is 2.08. The van der Waals surface area contributed by atoms with E-state index in [9.17, 15) is 0 Å². The highest BCUT2D eigenvalue weighted by Crippen LogP contribution is 2.21. The van der Waals surface area contributed by atoms with Gasteiger partial charge in [-0.2, -0.15) is 0 Å². The maximum atomic E-state index is 5.54. The molecule has 15 heavy (non-hydrogen) atoms. The van der Waals surface area contributed by atoms with Crippen LogP contribution in [0.25, 0.3) is 0 Å². The van der Waals surface area contributed by atoms with Gasteiger partial charge in [-0.05, 0) is 12.3 Å². The fraction of sp³-hybridized carbons (Fsp3) is 0.857. The van der Waals surface area contributed by atoms with E-state index in [2.05, 4.69) is 27.4 Å². The second kappa shape index (κ2) is 10.1. The van der Waals surface area contributed by atoms with Gasteiger partial charge in [0.05, 0.1) is 12.4 Å². The highest BCUT2D eigenvalue weighted by molar-refractivity contribution is 4.85. The van der Waals surface area contributed by atoms with Crippen LogP contribution in [-0.2, 0) is 4.74 Å². The summed E-state index contributed by atoms with van der Waals surface area (Å²) in [4.78, 5) is 0. The Morgan fingerprint density at radius 1 is 1.13 bits per heavy atom. The molecule has 0 aliphatic carbocycles. The first-order valence-electron chi connectivity index (χ1n) is 6.55. The summed E-state index contributed by atoms with van der Waals surface area (Å²) >= 11 is 0. The molecule has 0 fully saturated rings. The van der Waals surface area contributed by atoms with Crippen molar-refractivity contribution in [2.45, 2.75) is 65.7 Å². The molecule has 0 amide bonds. The molecule has 0 N–H and O–H groups in total. The maximum absolute atomic E-state index is 5.54. The average molecular weight is 212 g/mol.